The van der Waals surface area contributed by atoms with Crippen LogP contribution in [0.1, 0.15) is 36.9 Å². The molecule has 188 valence electrons. The van der Waals surface area contributed by atoms with Crippen LogP contribution in [0.5, 0.6) is 0 Å². The number of rotatable bonds is 6. The lowest BCUT2D eigenvalue weighted by molar-refractivity contribution is -0.0495. The van der Waals surface area contributed by atoms with Crippen molar-refractivity contribution in [3.8, 4) is 0 Å². The number of nitrogens with one attached hydrogen (secondary N) is 1. The van der Waals surface area contributed by atoms with Gasteiger partial charge in [-0.2, -0.15) is 17.5 Å². The molecule has 7 nitrogen and oxygen atoms in total. The molecule has 2 heterocycles. The summed E-state index contributed by atoms with van der Waals surface area (Å²) in [6, 6.07) is 10.5. The highest BCUT2D eigenvalue weighted by molar-refractivity contribution is 7.89. The van der Waals surface area contributed by atoms with E-state index in [-0.39, 0.29) is 25.8 Å². The molecule has 1 aliphatic heterocycles. The summed E-state index contributed by atoms with van der Waals surface area (Å²) in [4.78, 5) is 9.07. The number of halogens is 3. The molecule has 0 amide bonds. The number of hydrogen-bond donors (Lipinski definition) is 1. The number of fused-ring (bicyclic) bond motifs is 3. The number of nitrogens with zero attached hydrogens (tertiary/aromatic N) is 3. The van der Waals surface area contributed by atoms with Crippen LogP contribution in [0.4, 0.5) is 18.9 Å². The van der Waals surface area contributed by atoms with Crippen molar-refractivity contribution >= 4 is 26.5 Å². The maximum absolute atomic E-state index is 13.7. The fraction of sp³-hybridized carbons (Fsp3) is 0.458. The second-order valence-corrected chi connectivity index (χ2v) is 11.1. The molecule has 0 radical (unpaired) electrons. The molecule has 1 aromatic heterocycles. The van der Waals surface area contributed by atoms with Gasteiger partial charge < -0.3 is 14.6 Å². The Labute approximate surface area is 201 Å². The van der Waals surface area contributed by atoms with Crippen LogP contribution in [0.3, 0.4) is 0 Å². The number of imidazole rings is 1. The molecule has 5 rings (SSSR count). The Bertz CT molecular complexity index is 1270. The van der Waals surface area contributed by atoms with Crippen molar-refractivity contribution in [2.75, 3.05) is 18.1 Å². The number of H-pyrrole nitrogens is 1. The predicted molar refractivity (Wildman–Crippen MR) is 126 cm³/mol. The number of benzene rings is 2. The summed E-state index contributed by atoms with van der Waals surface area (Å²) in [7, 11) is -5.56. The minimum absolute atomic E-state index is 0.0380. The van der Waals surface area contributed by atoms with E-state index in [0.29, 0.717) is 22.1 Å². The molecule has 1 N–H and O–H groups in total. The molecule has 0 spiro atoms. The predicted octanol–water partition coefficient (Wildman–Crippen LogP) is 4.56. The molecule has 1 saturated carbocycles. The van der Waals surface area contributed by atoms with Gasteiger partial charge in [0.05, 0.1) is 37.3 Å². The van der Waals surface area contributed by atoms with Crippen molar-refractivity contribution in [3.05, 3.63) is 60.2 Å². The summed E-state index contributed by atoms with van der Waals surface area (Å²) in [5, 5.41) is 1.55. The van der Waals surface area contributed by atoms with Gasteiger partial charge >= 0.3 is 15.5 Å². The van der Waals surface area contributed by atoms with Crippen LogP contribution in [0, 0.1) is 0 Å². The second kappa shape index (κ2) is 9.44. The molecular weight excluding hydrogens is 481 g/mol. The zero-order chi connectivity index (χ0) is 24.6. The first-order valence-corrected chi connectivity index (χ1v) is 13.1. The van der Waals surface area contributed by atoms with E-state index in [2.05, 4.69) is 9.97 Å². The Balaban J connectivity index is 1.62. The highest BCUT2D eigenvalue weighted by Crippen LogP contribution is 2.38. The van der Waals surface area contributed by atoms with Gasteiger partial charge in [-0.05, 0) is 35.2 Å². The largest absolute Gasteiger partial charge is 0.511 e. The quantitative estimate of drug-likeness (QED) is 0.528. The number of hydrogen-bond acceptors (Lipinski definition) is 5. The number of anilines is 1. The Kier molecular flexibility index (Phi) is 6.49. The van der Waals surface area contributed by atoms with Gasteiger partial charge in [-0.3, -0.25) is 0 Å². The Morgan fingerprint density at radius 2 is 1.89 bits per heavy atom. The van der Waals surface area contributed by atoms with E-state index in [4.69, 9.17) is 4.74 Å². The minimum Gasteiger partial charge on any atom is -0.376 e. The number of aromatic nitrogens is 2. The summed E-state index contributed by atoms with van der Waals surface area (Å²) in [5.41, 5.74) is -3.40. The van der Waals surface area contributed by atoms with Crippen molar-refractivity contribution in [1.29, 1.82) is 0 Å². The van der Waals surface area contributed by atoms with E-state index in [0.717, 1.165) is 42.1 Å². The highest BCUT2D eigenvalue weighted by atomic mass is 32.2. The molecular formula is C24H27F3N4O3S. The van der Waals surface area contributed by atoms with Gasteiger partial charge in [0.2, 0.25) is 0 Å². The van der Waals surface area contributed by atoms with Gasteiger partial charge in [-0.25, -0.2) is 13.4 Å². The molecule has 0 saturated heterocycles. The normalized spacial score (nSPS) is 20.3. The van der Waals surface area contributed by atoms with Crippen molar-refractivity contribution in [3.63, 3.8) is 0 Å². The standard InChI is InChI=1S/C24H27F3N4O3S/c25-24(26,27)35(32,33)30-13-19(15-34-20-6-2-3-7-20)31(12-18-11-28-16-29-18)23-10-9-17-5-1-4-8-21(17)22(23)14-30/h1,4-5,8-11,16,19-20H,2-3,6-7,12-15H2,(H,28,29)/t19-/m0/s1. The van der Waals surface area contributed by atoms with Gasteiger partial charge in [0.1, 0.15) is 0 Å². The van der Waals surface area contributed by atoms with E-state index in [9.17, 15) is 21.6 Å². The summed E-state index contributed by atoms with van der Waals surface area (Å²) < 4.78 is 73.2. The SMILES string of the molecule is O=S(=O)(N1Cc2c(ccc3ccccc23)N(Cc2cnc[nH]2)[C@H](COC2CCCC2)C1)C(F)(F)F. The van der Waals surface area contributed by atoms with E-state index >= 15 is 0 Å². The van der Waals surface area contributed by atoms with Crippen LogP contribution in [0.25, 0.3) is 10.8 Å². The molecule has 2 aliphatic rings. The van der Waals surface area contributed by atoms with Crippen LogP contribution in [0.15, 0.2) is 48.9 Å². The van der Waals surface area contributed by atoms with Crippen LogP contribution < -0.4 is 4.90 Å². The average Bonchev–Trinajstić information content (AvgIpc) is 3.51. The Morgan fingerprint density at radius 3 is 2.60 bits per heavy atom. The van der Waals surface area contributed by atoms with Crippen molar-refractivity contribution < 1.29 is 26.3 Å². The molecule has 1 atom stereocenters. The molecule has 35 heavy (non-hydrogen) atoms. The maximum atomic E-state index is 13.7. The van der Waals surface area contributed by atoms with Gasteiger partial charge in [0.25, 0.3) is 0 Å². The van der Waals surface area contributed by atoms with Crippen LogP contribution >= 0.6 is 0 Å². The van der Waals surface area contributed by atoms with Gasteiger partial charge in [-0.1, -0.05) is 43.2 Å². The van der Waals surface area contributed by atoms with Crippen molar-refractivity contribution in [1.82, 2.24) is 14.3 Å². The molecule has 1 fully saturated rings. The third kappa shape index (κ3) is 4.76. The lowest BCUT2D eigenvalue weighted by Gasteiger charge is -2.34. The van der Waals surface area contributed by atoms with E-state index in [1.807, 2.05) is 35.2 Å². The zero-order valence-electron chi connectivity index (χ0n) is 19.0. The molecule has 11 heteroatoms. The Hall–Kier alpha value is -2.63. The maximum Gasteiger partial charge on any atom is 0.511 e. The summed E-state index contributed by atoms with van der Waals surface area (Å²) >= 11 is 0. The number of sulfonamides is 1. The number of ether oxygens (including phenoxy) is 1. The van der Waals surface area contributed by atoms with Crippen LogP contribution in [-0.4, -0.2) is 53.5 Å². The second-order valence-electron chi connectivity index (χ2n) is 9.13. The number of alkyl halides is 3. The first-order valence-electron chi connectivity index (χ1n) is 11.7. The van der Waals surface area contributed by atoms with Crippen LogP contribution in [0.2, 0.25) is 0 Å². The van der Waals surface area contributed by atoms with Gasteiger partial charge in [0, 0.05) is 25.0 Å². The average molecular weight is 509 g/mol. The lowest BCUT2D eigenvalue weighted by Crippen LogP contribution is -2.49. The van der Waals surface area contributed by atoms with Crippen molar-refractivity contribution in [2.24, 2.45) is 0 Å². The third-order valence-electron chi connectivity index (χ3n) is 6.87. The summed E-state index contributed by atoms with van der Waals surface area (Å²) in [6.07, 6.45) is 7.14. The lowest BCUT2D eigenvalue weighted by atomic mass is 10.0. The van der Waals surface area contributed by atoms with Crippen LogP contribution in [-0.2, 0) is 27.8 Å². The van der Waals surface area contributed by atoms with E-state index in [1.165, 1.54) is 0 Å². The first-order chi connectivity index (χ1) is 16.7. The van der Waals surface area contributed by atoms with E-state index in [1.54, 1.807) is 18.6 Å². The van der Waals surface area contributed by atoms with Crippen molar-refractivity contribution in [2.45, 2.75) is 56.4 Å². The molecule has 3 aromatic rings. The molecule has 0 unspecified atom stereocenters. The summed E-state index contributed by atoms with van der Waals surface area (Å²) in [6.45, 7) is -0.275. The van der Waals surface area contributed by atoms with Gasteiger partial charge in [0.15, 0.2) is 0 Å². The minimum atomic E-state index is -5.56. The zero-order valence-corrected chi connectivity index (χ0v) is 19.9. The van der Waals surface area contributed by atoms with Gasteiger partial charge in [-0.15, -0.1) is 0 Å². The Morgan fingerprint density at radius 1 is 1.11 bits per heavy atom. The summed E-state index contributed by atoms with van der Waals surface area (Å²) in [5.74, 6) is 0. The smallest absolute Gasteiger partial charge is 0.376 e. The van der Waals surface area contributed by atoms with E-state index < -0.39 is 21.6 Å². The fourth-order valence-corrected chi connectivity index (χ4v) is 6.03. The fourth-order valence-electron chi connectivity index (χ4n) is 5.07. The molecule has 0 bridgehead atoms. The first kappa shape index (κ1) is 24.1. The monoisotopic (exact) mass is 508 g/mol. The topological polar surface area (TPSA) is 78.5 Å². The molecule has 2 aromatic carbocycles. The molecule has 1 aliphatic carbocycles. The highest BCUT2D eigenvalue weighted by Gasteiger charge is 2.51. The number of aromatic amines is 1. The third-order valence-corrected chi connectivity index (χ3v) is 8.41.